The van der Waals surface area contributed by atoms with Gasteiger partial charge >= 0.3 is 18.0 Å². The van der Waals surface area contributed by atoms with Gasteiger partial charge in [0.25, 0.3) is 0 Å². The Balaban J connectivity index is 1.62. The van der Waals surface area contributed by atoms with Gasteiger partial charge < -0.3 is 24.8 Å². The van der Waals surface area contributed by atoms with Crippen LogP contribution in [0.1, 0.15) is 36.2 Å². The molecule has 0 unspecified atom stereocenters. The lowest BCUT2D eigenvalue weighted by Crippen LogP contribution is -2.51. The number of alkyl carbamates (subject to hydrolysis) is 1. The van der Waals surface area contributed by atoms with Gasteiger partial charge in [0.2, 0.25) is 0 Å². The van der Waals surface area contributed by atoms with E-state index in [4.69, 9.17) is 14.2 Å². The molecule has 1 aliphatic heterocycles. The van der Waals surface area contributed by atoms with Crippen molar-refractivity contribution in [1.82, 2.24) is 10.6 Å². The van der Waals surface area contributed by atoms with Gasteiger partial charge in [-0.3, -0.25) is 9.59 Å². The number of ether oxygens (including phenoxy) is 3. The lowest BCUT2D eigenvalue weighted by atomic mass is 10.1. The maximum Gasteiger partial charge on any atom is 0.408 e. The van der Waals surface area contributed by atoms with Crippen molar-refractivity contribution in [3.05, 3.63) is 71.8 Å². The maximum absolute atomic E-state index is 12.8. The number of carbonyl (C=O) groups is 4. The minimum Gasteiger partial charge on any atom is -0.459 e. The molecule has 3 rings (SSSR count). The number of benzene rings is 2. The first kappa shape index (κ1) is 25.9. The summed E-state index contributed by atoms with van der Waals surface area (Å²) in [5.41, 5.74) is 1.14. The van der Waals surface area contributed by atoms with Gasteiger partial charge in [0.05, 0.1) is 0 Å². The summed E-state index contributed by atoms with van der Waals surface area (Å²) in [6, 6.07) is 15.5. The molecule has 0 aromatic heterocycles. The molecule has 1 amide bonds. The van der Waals surface area contributed by atoms with Crippen LogP contribution in [0.4, 0.5) is 4.79 Å². The molecule has 0 bridgehead atoms. The van der Waals surface area contributed by atoms with Crippen molar-refractivity contribution in [2.45, 2.75) is 45.1 Å². The van der Waals surface area contributed by atoms with Gasteiger partial charge in [-0.25, -0.2) is 9.59 Å². The van der Waals surface area contributed by atoms with Gasteiger partial charge in [-0.15, -0.1) is 0 Å². The molecule has 9 heteroatoms. The molecular weight excluding hydrogens is 452 g/mol. The topological polar surface area (TPSA) is 120 Å². The Morgan fingerprint density at radius 1 is 1.00 bits per heavy atom. The minimum absolute atomic E-state index is 0.0149. The molecule has 0 radical (unpaired) electrons. The molecule has 2 aromatic rings. The molecule has 35 heavy (non-hydrogen) atoms. The second-order valence-electron chi connectivity index (χ2n) is 8.52. The van der Waals surface area contributed by atoms with Crippen LogP contribution >= 0.6 is 0 Å². The monoisotopic (exact) mass is 482 g/mol. The van der Waals surface area contributed by atoms with Gasteiger partial charge in [0, 0.05) is 5.56 Å². The fourth-order valence-corrected chi connectivity index (χ4v) is 3.62. The number of carbonyl (C=O) groups excluding carboxylic acids is 4. The summed E-state index contributed by atoms with van der Waals surface area (Å²) < 4.78 is 15.8. The molecule has 0 spiro atoms. The molecule has 9 nitrogen and oxygen atoms in total. The van der Waals surface area contributed by atoms with E-state index in [-0.39, 0.29) is 6.61 Å². The van der Waals surface area contributed by atoms with E-state index in [9.17, 15) is 19.2 Å². The van der Waals surface area contributed by atoms with E-state index in [0.717, 1.165) is 5.56 Å². The van der Waals surface area contributed by atoms with E-state index in [1.807, 2.05) is 13.0 Å². The van der Waals surface area contributed by atoms with Gasteiger partial charge in [-0.05, 0) is 31.4 Å². The van der Waals surface area contributed by atoms with Crippen LogP contribution in [0.25, 0.3) is 0 Å². The highest BCUT2D eigenvalue weighted by Gasteiger charge is 2.35. The number of hydrogen-bond donors (Lipinski definition) is 2. The maximum atomic E-state index is 12.8. The van der Waals surface area contributed by atoms with E-state index < -0.39 is 48.6 Å². The number of rotatable bonds is 10. The zero-order chi connectivity index (χ0) is 25.2. The first-order valence-electron chi connectivity index (χ1n) is 11.5. The Bertz CT molecular complexity index is 1010. The number of amides is 1. The smallest absolute Gasteiger partial charge is 0.408 e. The Hall–Kier alpha value is -3.72. The van der Waals surface area contributed by atoms with Crippen molar-refractivity contribution < 1.29 is 33.4 Å². The number of esters is 2. The third kappa shape index (κ3) is 7.92. The minimum atomic E-state index is -1.37. The molecule has 1 aliphatic rings. The van der Waals surface area contributed by atoms with Crippen LogP contribution in [0.5, 0.6) is 0 Å². The average Bonchev–Trinajstić information content (AvgIpc) is 3.31. The molecule has 2 N–H and O–H groups in total. The highest BCUT2D eigenvalue weighted by Crippen LogP contribution is 2.15. The van der Waals surface area contributed by atoms with Crippen molar-refractivity contribution in [3.63, 3.8) is 0 Å². The lowest BCUT2D eigenvalue weighted by Gasteiger charge is -2.24. The van der Waals surface area contributed by atoms with Crippen LogP contribution in [0, 0.1) is 5.92 Å². The largest absolute Gasteiger partial charge is 0.459 e. The Kier molecular flexibility index (Phi) is 9.37. The Morgan fingerprint density at radius 3 is 2.29 bits per heavy atom. The SMILES string of the molecule is C[C@H]1CN[C@@H](C(=O)O[C@@H](C)[C@H](NC(=O)OCc2ccccc2)C(=O)OCC(=O)c2ccccc2)C1. The predicted molar refractivity (Wildman–Crippen MR) is 126 cm³/mol. The van der Waals surface area contributed by atoms with E-state index in [2.05, 4.69) is 10.6 Å². The zero-order valence-electron chi connectivity index (χ0n) is 19.8. The van der Waals surface area contributed by atoms with Gasteiger partial charge in [-0.1, -0.05) is 67.6 Å². The van der Waals surface area contributed by atoms with E-state index in [1.54, 1.807) is 54.6 Å². The summed E-state index contributed by atoms with van der Waals surface area (Å²) in [6.45, 7) is 3.63. The molecule has 0 saturated carbocycles. The van der Waals surface area contributed by atoms with Crippen LogP contribution in [-0.4, -0.2) is 55.2 Å². The van der Waals surface area contributed by atoms with Crippen LogP contribution in [0.2, 0.25) is 0 Å². The molecule has 4 atom stereocenters. The average molecular weight is 483 g/mol. The van der Waals surface area contributed by atoms with Crippen molar-refractivity contribution in [2.24, 2.45) is 5.92 Å². The van der Waals surface area contributed by atoms with Crippen LogP contribution in [0.15, 0.2) is 60.7 Å². The third-order valence-corrected chi connectivity index (χ3v) is 5.59. The van der Waals surface area contributed by atoms with E-state index in [0.29, 0.717) is 24.4 Å². The van der Waals surface area contributed by atoms with Crippen molar-refractivity contribution in [1.29, 1.82) is 0 Å². The first-order valence-corrected chi connectivity index (χ1v) is 11.5. The summed E-state index contributed by atoms with van der Waals surface area (Å²) in [5.74, 6) is -1.53. The number of nitrogens with one attached hydrogen (secondary N) is 2. The molecule has 1 saturated heterocycles. The molecular formula is C26H30N2O7. The zero-order valence-corrected chi connectivity index (χ0v) is 19.8. The molecule has 2 aromatic carbocycles. The normalized spacial score (nSPS) is 18.7. The third-order valence-electron chi connectivity index (χ3n) is 5.59. The molecule has 0 aliphatic carbocycles. The van der Waals surface area contributed by atoms with Crippen LogP contribution in [0.3, 0.4) is 0 Å². The predicted octanol–water partition coefficient (Wildman–Crippen LogP) is 2.64. The summed E-state index contributed by atoms with van der Waals surface area (Å²) in [5, 5.41) is 5.48. The van der Waals surface area contributed by atoms with Gasteiger partial charge in [-0.2, -0.15) is 0 Å². The lowest BCUT2D eigenvalue weighted by molar-refractivity contribution is -0.158. The van der Waals surface area contributed by atoms with Crippen LogP contribution < -0.4 is 10.6 Å². The van der Waals surface area contributed by atoms with Crippen molar-refractivity contribution >= 4 is 23.8 Å². The van der Waals surface area contributed by atoms with Crippen molar-refractivity contribution in [3.8, 4) is 0 Å². The fourth-order valence-electron chi connectivity index (χ4n) is 3.62. The standard InChI is InChI=1S/C26H30N2O7/c1-17-13-21(27-14-17)24(30)35-18(2)23(28-26(32)34-15-19-9-5-3-6-10-19)25(31)33-16-22(29)20-11-7-4-8-12-20/h3-12,17-18,21,23,27H,13-16H2,1-2H3,(H,28,32)/t17-,18+,21-,23+/m1/s1. The second-order valence-corrected chi connectivity index (χ2v) is 8.52. The van der Waals surface area contributed by atoms with E-state index in [1.165, 1.54) is 6.92 Å². The highest BCUT2D eigenvalue weighted by molar-refractivity contribution is 5.98. The summed E-state index contributed by atoms with van der Waals surface area (Å²) in [4.78, 5) is 50.1. The molecule has 1 heterocycles. The number of Topliss-reactive ketones (excluding diaryl/α,β-unsaturated/α-hetero) is 1. The highest BCUT2D eigenvalue weighted by atomic mass is 16.6. The number of hydrogen-bond acceptors (Lipinski definition) is 8. The molecule has 186 valence electrons. The second kappa shape index (κ2) is 12.7. The summed E-state index contributed by atoms with van der Waals surface area (Å²) in [6.07, 6.45) is -1.34. The van der Waals surface area contributed by atoms with Gasteiger partial charge in [0.15, 0.2) is 18.4 Å². The molecule has 1 fully saturated rings. The fraction of sp³-hybridized carbons (Fsp3) is 0.385. The van der Waals surface area contributed by atoms with Crippen LogP contribution in [-0.2, 0) is 30.4 Å². The van der Waals surface area contributed by atoms with Crippen molar-refractivity contribution in [2.75, 3.05) is 13.2 Å². The quantitative estimate of drug-likeness (QED) is 0.301. The Morgan fingerprint density at radius 2 is 1.66 bits per heavy atom. The van der Waals surface area contributed by atoms with Gasteiger partial charge in [0.1, 0.15) is 18.8 Å². The Labute approximate surface area is 204 Å². The summed E-state index contributed by atoms with van der Waals surface area (Å²) >= 11 is 0. The first-order chi connectivity index (χ1) is 16.8. The number of ketones is 1. The van der Waals surface area contributed by atoms with E-state index >= 15 is 0 Å². The summed E-state index contributed by atoms with van der Waals surface area (Å²) in [7, 11) is 0.